The number of carbonyl (C=O) groups is 2. The normalized spacial score (nSPS) is 28.7. The van der Waals surface area contributed by atoms with Gasteiger partial charge in [0.1, 0.15) is 11.4 Å². The van der Waals surface area contributed by atoms with Crippen molar-refractivity contribution in [3.8, 4) is 0 Å². The fourth-order valence-corrected chi connectivity index (χ4v) is 5.16. The smallest absolute Gasteiger partial charge is 0.352 e. The van der Waals surface area contributed by atoms with E-state index in [-0.39, 0.29) is 44.7 Å². The molecule has 3 N–H and O–H groups in total. The van der Waals surface area contributed by atoms with Crippen LogP contribution in [0.5, 0.6) is 0 Å². The molecule has 1 heterocycles. The van der Waals surface area contributed by atoms with Gasteiger partial charge in [-0.05, 0) is 62.6 Å². The van der Waals surface area contributed by atoms with E-state index in [0.29, 0.717) is 11.1 Å². The predicted octanol–water partition coefficient (Wildman–Crippen LogP) is 3.86. The number of halogens is 4. The molecule has 2 fully saturated rings. The highest BCUT2D eigenvalue weighted by Crippen LogP contribution is 2.49. The van der Waals surface area contributed by atoms with E-state index in [0.717, 1.165) is 0 Å². The zero-order valence-corrected chi connectivity index (χ0v) is 17.1. The van der Waals surface area contributed by atoms with Gasteiger partial charge in [-0.1, -0.05) is 12.1 Å². The summed E-state index contributed by atoms with van der Waals surface area (Å²) < 4.78 is 53.4. The standard InChI is InChI=1S/C21H27F4N3O2/c1-12-11-14(5-8-16(12)22)17(13-3-6-15(7-4-13)21(23,24)25)20(2)18(29)27-9-10-28(20)19(26)30/h5,8,11,13,15,17H,3-4,6-7,9-10H2,1-2H3,(H2,26,30)(H,27,29)/t13?,15?,17-,20?/m1/s1. The minimum Gasteiger partial charge on any atom is -0.352 e. The SMILES string of the molecule is Cc1cc([C@@H](C2CCC(C(F)(F)F)CC2)C2(C)C(=O)NCCN2C(N)=O)ccc1F. The fourth-order valence-electron chi connectivity index (χ4n) is 5.16. The number of piperazine rings is 1. The maximum Gasteiger partial charge on any atom is 0.391 e. The van der Waals surface area contributed by atoms with Crippen LogP contribution in [0.4, 0.5) is 22.4 Å². The van der Waals surface area contributed by atoms with Crippen molar-refractivity contribution in [3.05, 3.63) is 35.1 Å². The Morgan fingerprint density at radius 3 is 2.43 bits per heavy atom. The van der Waals surface area contributed by atoms with Crippen molar-refractivity contribution >= 4 is 11.9 Å². The molecule has 1 aromatic carbocycles. The number of alkyl halides is 3. The first-order chi connectivity index (χ1) is 14.0. The van der Waals surface area contributed by atoms with Gasteiger partial charge in [0, 0.05) is 19.0 Å². The summed E-state index contributed by atoms with van der Waals surface area (Å²) in [4.78, 5) is 26.5. The van der Waals surface area contributed by atoms with Crippen LogP contribution in [0.25, 0.3) is 0 Å². The van der Waals surface area contributed by atoms with Gasteiger partial charge in [-0.15, -0.1) is 0 Å². The molecule has 5 nitrogen and oxygen atoms in total. The van der Waals surface area contributed by atoms with E-state index in [2.05, 4.69) is 5.32 Å². The Hall–Kier alpha value is -2.32. The van der Waals surface area contributed by atoms with Crippen molar-refractivity contribution in [2.75, 3.05) is 13.1 Å². The van der Waals surface area contributed by atoms with E-state index in [9.17, 15) is 27.2 Å². The molecule has 3 rings (SSSR count). The van der Waals surface area contributed by atoms with Gasteiger partial charge in [0.2, 0.25) is 5.91 Å². The first kappa shape index (κ1) is 22.4. The van der Waals surface area contributed by atoms with Gasteiger partial charge in [-0.2, -0.15) is 13.2 Å². The molecule has 166 valence electrons. The molecular weight excluding hydrogens is 402 g/mol. The summed E-state index contributed by atoms with van der Waals surface area (Å²) >= 11 is 0. The molecule has 3 amide bonds. The van der Waals surface area contributed by atoms with Crippen molar-refractivity contribution in [1.29, 1.82) is 0 Å². The van der Waals surface area contributed by atoms with Crippen LogP contribution in [-0.4, -0.2) is 41.6 Å². The molecule has 0 bridgehead atoms. The molecule has 1 saturated carbocycles. The largest absolute Gasteiger partial charge is 0.391 e. The number of carbonyl (C=O) groups excluding carboxylic acids is 2. The highest BCUT2D eigenvalue weighted by atomic mass is 19.4. The number of rotatable bonds is 3. The fraction of sp³-hybridized carbons (Fsp3) is 0.619. The molecule has 1 aromatic rings. The van der Waals surface area contributed by atoms with E-state index in [1.165, 1.54) is 11.0 Å². The van der Waals surface area contributed by atoms with Crippen molar-refractivity contribution in [3.63, 3.8) is 0 Å². The maximum atomic E-state index is 13.9. The Balaban J connectivity index is 2.05. The Morgan fingerprint density at radius 1 is 1.27 bits per heavy atom. The lowest BCUT2D eigenvalue weighted by atomic mass is 9.64. The monoisotopic (exact) mass is 429 g/mol. The van der Waals surface area contributed by atoms with Gasteiger partial charge in [0.25, 0.3) is 0 Å². The molecule has 1 aliphatic heterocycles. The Bertz CT molecular complexity index is 821. The summed E-state index contributed by atoms with van der Waals surface area (Å²) in [5.74, 6) is -3.09. The van der Waals surface area contributed by atoms with E-state index in [4.69, 9.17) is 5.73 Å². The molecule has 0 aromatic heterocycles. The van der Waals surface area contributed by atoms with Gasteiger partial charge < -0.3 is 16.0 Å². The highest BCUT2D eigenvalue weighted by molar-refractivity contribution is 5.92. The topological polar surface area (TPSA) is 75.4 Å². The van der Waals surface area contributed by atoms with Crippen LogP contribution in [0.2, 0.25) is 0 Å². The molecule has 1 aliphatic carbocycles. The minimum atomic E-state index is -4.25. The summed E-state index contributed by atoms with van der Waals surface area (Å²) in [6.07, 6.45) is -3.84. The molecular formula is C21H27F4N3O2. The number of hydrogen-bond acceptors (Lipinski definition) is 2. The lowest BCUT2D eigenvalue weighted by Gasteiger charge is -2.50. The number of nitrogens with one attached hydrogen (secondary N) is 1. The van der Waals surface area contributed by atoms with E-state index in [1.54, 1.807) is 26.0 Å². The van der Waals surface area contributed by atoms with E-state index >= 15 is 0 Å². The summed E-state index contributed by atoms with van der Waals surface area (Å²) in [6, 6.07) is 3.69. The van der Waals surface area contributed by atoms with Gasteiger partial charge in [0.05, 0.1) is 5.92 Å². The second kappa shape index (κ2) is 8.07. The minimum absolute atomic E-state index is 0.0425. The Labute approximate surface area is 173 Å². The van der Waals surface area contributed by atoms with Crippen LogP contribution in [0.3, 0.4) is 0 Å². The number of hydrogen-bond donors (Lipinski definition) is 2. The van der Waals surface area contributed by atoms with Crippen molar-refractivity contribution in [1.82, 2.24) is 10.2 Å². The van der Waals surface area contributed by atoms with Crippen LogP contribution < -0.4 is 11.1 Å². The van der Waals surface area contributed by atoms with Gasteiger partial charge in [-0.3, -0.25) is 4.79 Å². The summed E-state index contributed by atoms with van der Waals surface area (Å²) in [7, 11) is 0. The number of urea groups is 1. The van der Waals surface area contributed by atoms with E-state index in [1.807, 2.05) is 0 Å². The van der Waals surface area contributed by atoms with Crippen molar-refractivity contribution in [2.45, 2.75) is 57.2 Å². The Kier molecular flexibility index (Phi) is 6.02. The quantitative estimate of drug-likeness (QED) is 0.716. The predicted molar refractivity (Wildman–Crippen MR) is 103 cm³/mol. The summed E-state index contributed by atoms with van der Waals surface area (Å²) in [5, 5.41) is 2.76. The summed E-state index contributed by atoms with van der Waals surface area (Å²) in [5.41, 5.74) is 5.19. The van der Waals surface area contributed by atoms with Crippen LogP contribution in [0.1, 0.15) is 49.7 Å². The third-order valence-electron chi connectivity index (χ3n) is 6.76. The number of nitrogens with two attached hydrogens (primary N) is 1. The average molecular weight is 429 g/mol. The zero-order valence-electron chi connectivity index (χ0n) is 17.1. The molecule has 9 heteroatoms. The third kappa shape index (κ3) is 3.98. The first-order valence-electron chi connectivity index (χ1n) is 10.1. The molecule has 2 aliphatic rings. The van der Waals surface area contributed by atoms with Gasteiger partial charge in [0.15, 0.2) is 0 Å². The highest BCUT2D eigenvalue weighted by Gasteiger charge is 2.54. The number of primary amides is 1. The molecule has 30 heavy (non-hydrogen) atoms. The number of nitrogens with zero attached hydrogens (tertiary/aromatic N) is 1. The zero-order chi connectivity index (χ0) is 22.3. The van der Waals surface area contributed by atoms with Gasteiger partial charge in [-0.25, -0.2) is 9.18 Å². The third-order valence-corrected chi connectivity index (χ3v) is 6.76. The second-order valence-electron chi connectivity index (χ2n) is 8.53. The van der Waals surface area contributed by atoms with Gasteiger partial charge >= 0.3 is 12.2 Å². The summed E-state index contributed by atoms with van der Waals surface area (Å²) in [6.45, 7) is 3.64. The molecule has 2 atom stereocenters. The van der Waals surface area contributed by atoms with E-state index < -0.39 is 41.3 Å². The number of benzene rings is 1. The van der Waals surface area contributed by atoms with Crippen LogP contribution in [0.15, 0.2) is 18.2 Å². The van der Waals surface area contributed by atoms with Crippen molar-refractivity contribution < 1.29 is 27.2 Å². The van der Waals surface area contributed by atoms with Crippen molar-refractivity contribution in [2.24, 2.45) is 17.6 Å². The maximum absolute atomic E-state index is 13.9. The molecule has 0 radical (unpaired) electrons. The number of amides is 3. The molecule has 1 unspecified atom stereocenters. The van der Waals surface area contributed by atoms with Crippen LogP contribution >= 0.6 is 0 Å². The van der Waals surface area contributed by atoms with Crippen LogP contribution in [0, 0.1) is 24.6 Å². The lowest BCUT2D eigenvalue weighted by molar-refractivity contribution is -0.185. The molecule has 1 saturated heterocycles. The first-order valence-corrected chi connectivity index (χ1v) is 10.1. The second-order valence-corrected chi connectivity index (χ2v) is 8.53. The average Bonchev–Trinajstić information content (AvgIpc) is 2.66. The number of aryl methyl sites for hydroxylation is 1. The van der Waals surface area contributed by atoms with Crippen LogP contribution in [-0.2, 0) is 4.79 Å². The molecule has 0 spiro atoms. The Morgan fingerprint density at radius 2 is 1.90 bits per heavy atom. The lowest BCUT2D eigenvalue weighted by Crippen LogP contribution is -2.69.